The summed E-state index contributed by atoms with van der Waals surface area (Å²) in [5.74, 6) is 3.09. The molecule has 31 heavy (non-hydrogen) atoms. The number of benzene rings is 3. The van der Waals surface area contributed by atoms with Gasteiger partial charge in [-0.1, -0.05) is 18.2 Å². The fourth-order valence-electron chi connectivity index (χ4n) is 3.33. The quantitative estimate of drug-likeness (QED) is 0.508. The monoisotopic (exact) mass is 418 g/mol. The van der Waals surface area contributed by atoms with Crippen LogP contribution in [0.1, 0.15) is 21.5 Å². The zero-order valence-electron chi connectivity index (χ0n) is 17.5. The highest BCUT2D eigenvalue weighted by Crippen LogP contribution is 2.36. The topological polar surface area (TPSA) is 63.2 Å². The Morgan fingerprint density at radius 3 is 2.39 bits per heavy atom. The number of para-hydroxylation sites is 1. The van der Waals surface area contributed by atoms with Gasteiger partial charge in [0.15, 0.2) is 5.76 Å². The van der Waals surface area contributed by atoms with Crippen LogP contribution in [0.15, 0.2) is 66.4 Å². The zero-order valence-corrected chi connectivity index (χ0v) is 17.5. The van der Waals surface area contributed by atoms with Gasteiger partial charge in [-0.25, -0.2) is 0 Å². The second kappa shape index (κ2) is 8.83. The van der Waals surface area contributed by atoms with Crippen LogP contribution in [-0.2, 0) is 6.61 Å². The minimum absolute atomic E-state index is 0.198. The Bertz CT molecular complexity index is 1150. The number of hydrogen-bond donors (Lipinski definition) is 0. The van der Waals surface area contributed by atoms with Gasteiger partial charge in [-0.15, -0.1) is 0 Å². The fraction of sp³-hybridized carbons (Fsp3) is 0.160. The molecule has 6 nitrogen and oxygen atoms in total. The maximum atomic E-state index is 12.8. The Hall–Kier alpha value is -3.93. The largest absolute Gasteiger partial charge is 0.497 e. The van der Waals surface area contributed by atoms with Crippen LogP contribution < -0.4 is 23.7 Å². The molecular weight excluding hydrogens is 396 g/mol. The molecule has 0 radical (unpaired) electrons. The lowest BCUT2D eigenvalue weighted by atomic mass is 10.1. The van der Waals surface area contributed by atoms with Crippen LogP contribution in [-0.4, -0.2) is 27.1 Å². The molecule has 0 N–H and O–H groups in total. The highest BCUT2D eigenvalue weighted by molar-refractivity contribution is 6.14. The predicted octanol–water partition coefficient (Wildman–Crippen LogP) is 4.91. The lowest BCUT2D eigenvalue weighted by Gasteiger charge is -2.10. The summed E-state index contributed by atoms with van der Waals surface area (Å²) in [6.45, 7) is 0.334. The molecule has 0 fully saturated rings. The van der Waals surface area contributed by atoms with Gasteiger partial charge >= 0.3 is 0 Å². The van der Waals surface area contributed by atoms with E-state index in [0.717, 1.165) is 11.3 Å². The van der Waals surface area contributed by atoms with Crippen molar-refractivity contribution in [3.8, 4) is 28.7 Å². The highest BCUT2D eigenvalue weighted by Gasteiger charge is 2.28. The number of Topliss-reactive ketones (excluding diaryl/α,β-unsaturated/α-hetero) is 1. The van der Waals surface area contributed by atoms with Gasteiger partial charge in [-0.3, -0.25) is 4.79 Å². The van der Waals surface area contributed by atoms with E-state index < -0.39 is 0 Å². The van der Waals surface area contributed by atoms with Crippen LogP contribution in [0.2, 0.25) is 0 Å². The van der Waals surface area contributed by atoms with Crippen molar-refractivity contribution in [3.05, 3.63) is 83.1 Å². The summed E-state index contributed by atoms with van der Waals surface area (Å²) in [5, 5.41) is 0. The maximum Gasteiger partial charge on any atom is 0.231 e. The number of carbonyl (C=O) groups excluding carboxylic acids is 1. The van der Waals surface area contributed by atoms with Crippen molar-refractivity contribution in [2.45, 2.75) is 6.61 Å². The first kappa shape index (κ1) is 20.3. The summed E-state index contributed by atoms with van der Waals surface area (Å²) in [4.78, 5) is 12.8. The molecule has 1 aliphatic heterocycles. The van der Waals surface area contributed by atoms with E-state index in [1.165, 1.54) is 0 Å². The molecule has 0 bridgehead atoms. The van der Waals surface area contributed by atoms with Gasteiger partial charge in [0.2, 0.25) is 5.78 Å². The Morgan fingerprint density at radius 2 is 1.61 bits per heavy atom. The lowest BCUT2D eigenvalue weighted by molar-refractivity contribution is 0.101. The van der Waals surface area contributed by atoms with E-state index in [1.54, 1.807) is 63.8 Å². The Labute approximate surface area is 180 Å². The van der Waals surface area contributed by atoms with Crippen molar-refractivity contribution >= 4 is 11.9 Å². The second-order valence-corrected chi connectivity index (χ2v) is 6.81. The van der Waals surface area contributed by atoms with Crippen molar-refractivity contribution in [1.82, 2.24) is 0 Å². The predicted molar refractivity (Wildman–Crippen MR) is 116 cm³/mol. The summed E-state index contributed by atoms with van der Waals surface area (Å²) in [7, 11) is 4.78. The number of allylic oxidation sites excluding steroid dienone is 1. The van der Waals surface area contributed by atoms with Gasteiger partial charge in [0, 0.05) is 17.2 Å². The summed E-state index contributed by atoms with van der Waals surface area (Å²) >= 11 is 0. The molecule has 0 aromatic heterocycles. The third-order valence-corrected chi connectivity index (χ3v) is 4.95. The van der Waals surface area contributed by atoms with E-state index in [4.69, 9.17) is 23.7 Å². The van der Waals surface area contributed by atoms with Crippen LogP contribution in [0.3, 0.4) is 0 Å². The Morgan fingerprint density at radius 1 is 0.839 bits per heavy atom. The van der Waals surface area contributed by atoms with E-state index in [-0.39, 0.29) is 11.5 Å². The highest BCUT2D eigenvalue weighted by atomic mass is 16.5. The van der Waals surface area contributed by atoms with E-state index in [2.05, 4.69) is 0 Å². The molecule has 1 aliphatic rings. The SMILES string of the molecule is COc1ccc(OC)c(/C=C2\Oc3cc(OCc4ccccc4OC)ccc3C2=O)c1. The third kappa shape index (κ3) is 4.19. The number of fused-ring (bicyclic) bond motifs is 1. The molecule has 4 rings (SSSR count). The summed E-state index contributed by atoms with van der Waals surface area (Å²) in [6.07, 6.45) is 1.65. The van der Waals surface area contributed by atoms with Crippen LogP contribution in [0.4, 0.5) is 0 Å². The molecule has 0 amide bonds. The number of methoxy groups -OCH3 is 3. The average Bonchev–Trinajstić information content (AvgIpc) is 3.12. The minimum Gasteiger partial charge on any atom is -0.497 e. The maximum absolute atomic E-state index is 12.8. The summed E-state index contributed by atoms with van der Waals surface area (Å²) in [6, 6.07) is 18.2. The molecule has 0 aliphatic carbocycles. The van der Waals surface area contributed by atoms with Crippen molar-refractivity contribution < 1.29 is 28.5 Å². The van der Waals surface area contributed by atoms with Crippen LogP contribution >= 0.6 is 0 Å². The second-order valence-electron chi connectivity index (χ2n) is 6.81. The Balaban J connectivity index is 1.55. The summed E-state index contributed by atoms with van der Waals surface area (Å²) < 4.78 is 27.7. The van der Waals surface area contributed by atoms with E-state index >= 15 is 0 Å². The van der Waals surface area contributed by atoms with Crippen LogP contribution in [0, 0.1) is 0 Å². The third-order valence-electron chi connectivity index (χ3n) is 4.95. The van der Waals surface area contributed by atoms with E-state index in [1.807, 2.05) is 24.3 Å². The molecule has 0 saturated carbocycles. The van der Waals surface area contributed by atoms with Crippen LogP contribution in [0.25, 0.3) is 6.08 Å². The van der Waals surface area contributed by atoms with E-state index in [0.29, 0.717) is 40.7 Å². The first-order valence-corrected chi connectivity index (χ1v) is 9.68. The zero-order chi connectivity index (χ0) is 21.8. The Kier molecular flexibility index (Phi) is 5.80. The van der Waals surface area contributed by atoms with Crippen molar-refractivity contribution in [2.24, 2.45) is 0 Å². The van der Waals surface area contributed by atoms with Crippen LogP contribution in [0.5, 0.6) is 28.7 Å². The van der Waals surface area contributed by atoms with Gasteiger partial charge in [0.25, 0.3) is 0 Å². The van der Waals surface area contributed by atoms with Crippen molar-refractivity contribution in [2.75, 3.05) is 21.3 Å². The first-order chi connectivity index (χ1) is 15.1. The van der Waals surface area contributed by atoms with Gasteiger partial charge in [0.05, 0.1) is 26.9 Å². The van der Waals surface area contributed by atoms with Crippen molar-refractivity contribution in [3.63, 3.8) is 0 Å². The molecule has 158 valence electrons. The number of ether oxygens (including phenoxy) is 5. The standard InChI is InChI=1S/C25H22O6/c1-27-18-9-11-22(29-3)17(12-18)13-24-25(26)20-10-8-19(14-23(20)31-24)30-15-16-6-4-5-7-21(16)28-2/h4-14H,15H2,1-3H3/b24-13-. The molecule has 0 unspecified atom stereocenters. The number of hydrogen-bond acceptors (Lipinski definition) is 6. The molecule has 1 heterocycles. The molecule has 0 saturated heterocycles. The molecule has 3 aromatic carbocycles. The summed E-state index contributed by atoms with van der Waals surface area (Å²) in [5.41, 5.74) is 2.09. The van der Waals surface area contributed by atoms with E-state index in [9.17, 15) is 4.79 Å². The minimum atomic E-state index is -0.198. The lowest BCUT2D eigenvalue weighted by Crippen LogP contribution is -1.99. The molecule has 0 atom stereocenters. The molecule has 6 heteroatoms. The molecule has 3 aromatic rings. The van der Waals surface area contributed by atoms with Gasteiger partial charge in [-0.05, 0) is 42.5 Å². The first-order valence-electron chi connectivity index (χ1n) is 9.68. The normalized spacial score (nSPS) is 13.5. The smallest absolute Gasteiger partial charge is 0.231 e. The molecular formula is C25H22O6. The number of ketones is 1. The van der Waals surface area contributed by atoms with Gasteiger partial charge in [-0.2, -0.15) is 0 Å². The average molecular weight is 418 g/mol. The van der Waals surface area contributed by atoms with Gasteiger partial charge < -0.3 is 23.7 Å². The number of carbonyl (C=O) groups is 1. The fourth-order valence-corrected chi connectivity index (χ4v) is 3.33. The van der Waals surface area contributed by atoms with Crippen molar-refractivity contribution in [1.29, 1.82) is 0 Å². The molecule has 0 spiro atoms. The van der Waals surface area contributed by atoms with Gasteiger partial charge in [0.1, 0.15) is 35.4 Å². The number of rotatable bonds is 7.